The zero-order chi connectivity index (χ0) is 16.2. The van der Waals surface area contributed by atoms with Crippen LogP contribution in [0.1, 0.15) is 53.0 Å². The first-order chi connectivity index (χ1) is 11.1. The molecule has 8 heteroatoms. The first-order valence-electron chi connectivity index (χ1n) is 8.04. The van der Waals surface area contributed by atoms with E-state index in [1.165, 1.54) is 4.88 Å². The summed E-state index contributed by atoms with van der Waals surface area (Å²) in [5, 5.41) is 9.76. The fraction of sp³-hybridized carbons (Fsp3) is 0.562. The van der Waals surface area contributed by atoms with E-state index in [9.17, 15) is 4.79 Å². The molecule has 1 aliphatic rings. The zero-order valence-corrected chi connectivity index (χ0v) is 16.3. The molecule has 2 aromatic heterocycles. The topological polar surface area (TPSA) is 66.9 Å². The Morgan fingerprint density at radius 1 is 1.42 bits per heavy atom. The predicted molar refractivity (Wildman–Crippen MR) is 103 cm³/mol. The number of halogens is 1. The highest BCUT2D eigenvalue weighted by atomic mass is 35.5. The SMILES string of the molecule is CC(C)Cc1nc(C(=O)Nc2ncc(C3CCNCC3)s2)cs1.Cl. The third kappa shape index (κ3) is 4.99. The molecule has 3 heterocycles. The monoisotopic (exact) mass is 386 g/mol. The molecule has 0 aromatic carbocycles. The molecule has 5 nitrogen and oxygen atoms in total. The van der Waals surface area contributed by atoms with E-state index in [0.717, 1.165) is 37.4 Å². The fourth-order valence-corrected chi connectivity index (χ4v) is 4.63. The molecule has 0 spiro atoms. The van der Waals surface area contributed by atoms with Gasteiger partial charge in [-0.3, -0.25) is 10.1 Å². The van der Waals surface area contributed by atoms with Gasteiger partial charge < -0.3 is 5.32 Å². The number of carbonyl (C=O) groups is 1. The quantitative estimate of drug-likeness (QED) is 0.816. The van der Waals surface area contributed by atoms with E-state index in [-0.39, 0.29) is 18.3 Å². The molecule has 0 aliphatic carbocycles. The van der Waals surface area contributed by atoms with Crippen LogP contribution in [-0.4, -0.2) is 29.0 Å². The van der Waals surface area contributed by atoms with Gasteiger partial charge in [0, 0.05) is 22.9 Å². The molecular formula is C16H23ClN4OS2. The summed E-state index contributed by atoms with van der Waals surface area (Å²) < 4.78 is 0. The van der Waals surface area contributed by atoms with Crippen LogP contribution >= 0.6 is 35.1 Å². The van der Waals surface area contributed by atoms with Gasteiger partial charge >= 0.3 is 0 Å². The van der Waals surface area contributed by atoms with Crippen LogP contribution in [-0.2, 0) is 6.42 Å². The molecule has 1 aliphatic heterocycles. The lowest BCUT2D eigenvalue weighted by atomic mass is 9.97. The minimum atomic E-state index is -0.164. The molecule has 3 rings (SSSR count). The highest BCUT2D eigenvalue weighted by molar-refractivity contribution is 7.15. The van der Waals surface area contributed by atoms with Crippen molar-refractivity contribution in [1.82, 2.24) is 15.3 Å². The third-order valence-electron chi connectivity index (χ3n) is 3.85. The van der Waals surface area contributed by atoms with Crippen molar-refractivity contribution in [3.05, 3.63) is 27.2 Å². The molecule has 0 bridgehead atoms. The normalized spacial score (nSPS) is 15.3. The Morgan fingerprint density at radius 2 is 2.17 bits per heavy atom. The van der Waals surface area contributed by atoms with Gasteiger partial charge in [-0.15, -0.1) is 35.1 Å². The molecule has 1 amide bonds. The standard InChI is InChI=1S/C16H22N4OS2.ClH/c1-10(2)7-14-19-12(9-22-14)15(21)20-16-18-8-13(23-16)11-3-5-17-6-4-11;/h8-11,17H,3-7H2,1-2H3,(H,18,20,21);1H. The third-order valence-corrected chi connectivity index (χ3v) is 5.80. The van der Waals surface area contributed by atoms with Crippen LogP contribution in [0.4, 0.5) is 5.13 Å². The minimum Gasteiger partial charge on any atom is -0.317 e. The van der Waals surface area contributed by atoms with Gasteiger partial charge in [0.05, 0.1) is 5.01 Å². The van der Waals surface area contributed by atoms with Gasteiger partial charge in [-0.05, 0) is 37.8 Å². The van der Waals surface area contributed by atoms with Crippen molar-refractivity contribution >= 4 is 46.1 Å². The van der Waals surface area contributed by atoms with Crippen LogP contribution in [0.2, 0.25) is 0 Å². The van der Waals surface area contributed by atoms with E-state index < -0.39 is 0 Å². The maximum atomic E-state index is 12.3. The smallest absolute Gasteiger partial charge is 0.276 e. The number of hydrogen-bond acceptors (Lipinski definition) is 6. The van der Waals surface area contributed by atoms with E-state index in [1.54, 1.807) is 22.7 Å². The van der Waals surface area contributed by atoms with Crippen LogP contribution in [0.25, 0.3) is 0 Å². The van der Waals surface area contributed by atoms with Crippen LogP contribution in [0.3, 0.4) is 0 Å². The van der Waals surface area contributed by atoms with Gasteiger partial charge in [0.1, 0.15) is 5.69 Å². The molecule has 2 aromatic rings. The second-order valence-electron chi connectivity index (χ2n) is 6.27. The molecule has 0 atom stereocenters. The largest absolute Gasteiger partial charge is 0.317 e. The maximum Gasteiger partial charge on any atom is 0.276 e. The first kappa shape index (κ1) is 19.3. The fourth-order valence-electron chi connectivity index (χ4n) is 2.66. The van der Waals surface area contributed by atoms with Crippen molar-refractivity contribution < 1.29 is 4.79 Å². The van der Waals surface area contributed by atoms with Crippen LogP contribution in [0.15, 0.2) is 11.6 Å². The summed E-state index contributed by atoms with van der Waals surface area (Å²) in [6.07, 6.45) is 5.09. The van der Waals surface area contributed by atoms with Crippen molar-refractivity contribution in [3.63, 3.8) is 0 Å². The second kappa shape index (κ2) is 8.89. The Morgan fingerprint density at radius 3 is 2.88 bits per heavy atom. The van der Waals surface area contributed by atoms with E-state index in [2.05, 4.69) is 34.4 Å². The number of thiazole rings is 2. The average molecular weight is 387 g/mol. The average Bonchev–Trinajstić information content (AvgIpc) is 3.17. The summed E-state index contributed by atoms with van der Waals surface area (Å²) >= 11 is 3.13. The van der Waals surface area contributed by atoms with E-state index in [1.807, 2.05) is 11.6 Å². The lowest BCUT2D eigenvalue weighted by Crippen LogP contribution is -2.26. The molecule has 0 saturated carbocycles. The molecule has 2 N–H and O–H groups in total. The van der Waals surface area contributed by atoms with Gasteiger partial charge in [-0.2, -0.15) is 0 Å². The van der Waals surface area contributed by atoms with Crippen molar-refractivity contribution in [3.8, 4) is 0 Å². The van der Waals surface area contributed by atoms with E-state index >= 15 is 0 Å². The zero-order valence-electron chi connectivity index (χ0n) is 13.9. The minimum absolute atomic E-state index is 0. The summed E-state index contributed by atoms with van der Waals surface area (Å²) in [7, 11) is 0. The summed E-state index contributed by atoms with van der Waals surface area (Å²) in [6, 6.07) is 0. The summed E-state index contributed by atoms with van der Waals surface area (Å²) in [5.74, 6) is 0.947. The highest BCUT2D eigenvalue weighted by Crippen LogP contribution is 2.31. The van der Waals surface area contributed by atoms with Crippen LogP contribution in [0, 0.1) is 5.92 Å². The Kier molecular flexibility index (Phi) is 7.16. The summed E-state index contributed by atoms with van der Waals surface area (Å²) in [6.45, 7) is 6.42. The number of hydrogen-bond donors (Lipinski definition) is 2. The first-order valence-corrected chi connectivity index (χ1v) is 9.73. The number of piperidine rings is 1. The van der Waals surface area contributed by atoms with E-state index in [0.29, 0.717) is 22.7 Å². The molecular weight excluding hydrogens is 364 g/mol. The summed E-state index contributed by atoms with van der Waals surface area (Å²) in [5.41, 5.74) is 0.490. The Hall–Kier alpha value is -1.02. The van der Waals surface area contributed by atoms with Crippen molar-refractivity contribution in [2.24, 2.45) is 5.92 Å². The molecule has 24 heavy (non-hydrogen) atoms. The number of carbonyl (C=O) groups excluding carboxylic acids is 1. The Bertz CT molecular complexity index is 665. The lowest BCUT2D eigenvalue weighted by Gasteiger charge is -2.20. The van der Waals surface area contributed by atoms with Gasteiger partial charge in [0.15, 0.2) is 5.13 Å². The molecule has 1 fully saturated rings. The van der Waals surface area contributed by atoms with Crippen molar-refractivity contribution in [2.45, 2.75) is 39.0 Å². The second-order valence-corrected chi connectivity index (χ2v) is 8.28. The van der Waals surface area contributed by atoms with E-state index in [4.69, 9.17) is 0 Å². The van der Waals surface area contributed by atoms with Crippen LogP contribution in [0.5, 0.6) is 0 Å². The Balaban J connectivity index is 0.00000208. The lowest BCUT2D eigenvalue weighted by molar-refractivity contribution is 0.102. The number of nitrogens with one attached hydrogen (secondary N) is 2. The van der Waals surface area contributed by atoms with Gasteiger partial charge in [0.2, 0.25) is 0 Å². The molecule has 1 saturated heterocycles. The van der Waals surface area contributed by atoms with Crippen molar-refractivity contribution in [1.29, 1.82) is 0 Å². The summed E-state index contributed by atoms with van der Waals surface area (Å²) in [4.78, 5) is 22.3. The van der Waals surface area contributed by atoms with Gasteiger partial charge in [0.25, 0.3) is 5.91 Å². The number of aromatic nitrogens is 2. The van der Waals surface area contributed by atoms with Gasteiger partial charge in [-0.25, -0.2) is 9.97 Å². The van der Waals surface area contributed by atoms with Crippen LogP contribution < -0.4 is 10.6 Å². The number of amides is 1. The predicted octanol–water partition coefficient (Wildman–Crippen LogP) is 3.94. The highest BCUT2D eigenvalue weighted by Gasteiger charge is 2.19. The number of nitrogens with zero attached hydrogens (tertiary/aromatic N) is 2. The number of rotatable bonds is 5. The number of anilines is 1. The molecule has 0 radical (unpaired) electrons. The maximum absolute atomic E-state index is 12.3. The van der Waals surface area contributed by atoms with Gasteiger partial charge in [-0.1, -0.05) is 13.8 Å². The molecule has 0 unspecified atom stereocenters. The molecule has 132 valence electrons. The Labute approximate surface area is 156 Å². The van der Waals surface area contributed by atoms with Crippen molar-refractivity contribution in [2.75, 3.05) is 18.4 Å².